The first-order chi connectivity index (χ1) is 7.91. The Balaban J connectivity index is 2.81. The van der Waals surface area contributed by atoms with E-state index in [0.717, 1.165) is 0 Å². The second-order valence-corrected chi connectivity index (χ2v) is 5.23. The Kier molecular flexibility index (Phi) is 4.07. The number of anilines is 1. The highest BCUT2D eigenvalue weighted by Crippen LogP contribution is 2.11. The Morgan fingerprint density at radius 1 is 1.65 bits per heavy atom. The molecule has 1 rings (SSSR count). The van der Waals surface area contributed by atoms with Crippen molar-refractivity contribution < 1.29 is 17.9 Å². The maximum absolute atomic E-state index is 11.2. The number of aryl methyl sites for hydroxylation is 1. The lowest BCUT2D eigenvalue weighted by molar-refractivity contribution is 0.0596. The minimum Gasteiger partial charge on any atom is -0.464 e. The van der Waals surface area contributed by atoms with Crippen LogP contribution in [-0.4, -0.2) is 43.8 Å². The molecule has 0 aliphatic rings. The topological polar surface area (TPSA) is 116 Å². The van der Waals surface area contributed by atoms with Crippen molar-refractivity contribution in [2.45, 2.75) is 6.54 Å². The zero-order chi connectivity index (χ0) is 13.1. The molecule has 0 amide bonds. The fraction of sp³-hybridized carbons (Fsp3) is 0.500. The number of nitrogens with zero attached hydrogens (tertiary/aromatic N) is 2. The number of methoxy groups -OCH3 is 1. The van der Waals surface area contributed by atoms with E-state index in [1.54, 1.807) is 0 Å². The molecular weight excluding hydrogens is 248 g/mol. The van der Waals surface area contributed by atoms with E-state index in [9.17, 15) is 13.2 Å². The summed E-state index contributed by atoms with van der Waals surface area (Å²) in [5.41, 5.74) is 5.62. The van der Waals surface area contributed by atoms with Gasteiger partial charge in [0.05, 0.1) is 19.2 Å². The van der Waals surface area contributed by atoms with Crippen molar-refractivity contribution in [1.82, 2.24) is 14.3 Å². The number of carbonyl (C=O) groups is 1. The molecule has 0 aliphatic carbocycles. The number of hydrogen-bond acceptors (Lipinski definition) is 6. The lowest BCUT2D eigenvalue weighted by atomic mass is 10.4. The number of nitrogens with one attached hydrogen (secondary N) is 1. The first-order valence-corrected chi connectivity index (χ1v) is 6.36. The molecule has 9 heteroatoms. The van der Waals surface area contributed by atoms with Crippen LogP contribution in [-0.2, 0) is 21.3 Å². The molecule has 17 heavy (non-hydrogen) atoms. The van der Waals surface area contributed by atoms with E-state index < -0.39 is 16.0 Å². The van der Waals surface area contributed by atoms with Crippen LogP contribution in [0, 0.1) is 0 Å². The van der Waals surface area contributed by atoms with Gasteiger partial charge < -0.3 is 15.0 Å². The molecule has 0 spiro atoms. The van der Waals surface area contributed by atoms with E-state index in [0.29, 0.717) is 0 Å². The molecule has 0 saturated carbocycles. The quantitative estimate of drug-likeness (QED) is 0.644. The van der Waals surface area contributed by atoms with Gasteiger partial charge in [-0.3, -0.25) is 0 Å². The van der Waals surface area contributed by atoms with Gasteiger partial charge in [-0.2, -0.15) is 0 Å². The Bertz CT molecular complexity index is 508. The molecule has 0 aliphatic heterocycles. The molecule has 8 nitrogen and oxygen atoms in total. The fourth-order valence-electron chi connectivity index (χ4n) is 1.14. The minimum atomic E-state index is -3.32. The molecule has 0 unspecified atom stereocenters. The summed E-state index contributed by atoms with van der Waals surface area (Å²) in [7, 11) is -0.781. The van der Waals surface area contributed by atoms with Crippen LogP contribution < -0.4 is 10.5 Å². The zero-order valence-corrected chi connectivity index (χ0v) is 10.3. The highest BCUT2D eigenvalue weighted by molar-refractivity contribution is 7.89. The Labute approximate surface area is 98.8 Å². The number of ether oxygens (including phenoxy) is 1. The van der Waals surface area contributed by atoms with Crippen molar-refractivity contribution in [3.8, 4) is 0 Å². The van der Waals surface area contributed by atoms with E-state index in [1.807, 2.05) is 0 Å². The smallest absolute Gasteiger partial charge is 0.360 e. The lowest BCUT2D eigenvalue weighted by Gasteiger charge is -2.05. The summed E-state index contributed by atoms with van der Waals surface area (Å²) in [6.07, 6.45) is 1.30. The standard InChI is InChI=1S/C8H14N4O4S/c1-10-17(14,15)4-3-12-5-11-6(7(12)9)8(13)16-2/h5,10H,3-4,9H2,1-2H3. The van der Waals surface area contributed by atoms with E-state index in [-0.39, 0.29) is 23.8 Å². The number of carbonyl (C=O) groups excluding carboxylic acids is 1. The highest BCUT2D eigenvalue weighted by Gasteiger charge is 2.17. The van der Waals surface area contributed by atoms with Gasteiger partial charge in [-0.15, -0.1) is 0 Å². The molecule has 3 N–H and O–H groups in total. The van der Waals surface area contributed by atoms with E-state index in [4.69, 9.17) is 5.73 Å². The number of rotatable bonds is 5. The van der Waals surface area contributed by atoms with E-state index in [2.05, 4.69) is 14.4 Å². The second-order valence-electron chi connectivity index (χ2n) is 3.19. The summed E-state index contributed by atoms with van der Waals surface area (Å²) in [5.74, 6) is -0.717. The van der Waals surface area contributed by atoms with Gasteiger partial charge in [0, 0.05) is 6.54 Å². The van der Waals surface area contributed by atoms with Crippen molar-refractivity contribution >= 4 is 21.8 Å². The molecular formula is C8H14N4O4S. The van der Waals surface area contributed by atoms with Gasteiger partial charge in [-0.25, -0.2) is 22.9 Å². The average Bonchev–Trinajstić information content (AvgIpc) is 2.67. The number of imidazole rings is 1. The molecule has 0 bridgehead atoms. The molecule has 0 saturated heterocycles. The first-order valence-electron chi connectivity index (χ1n) is 4.71. The van der Waals surface area contributed by atoms with Gasteiger partial charge in [0.25, 0.3) is 0 Å². The van der Waals surface area contributed by atoms with Gasteiger partial charge in [-0.1, -0.05) is 0 Å². The third-order valence-corrected chi connectivity index (χ3v) is 3.51. The summed E-state index contributed by atoms with van der Waals surface area (Å²) >= 11 is 0. The van der Waals surface area contributed by atoms with E-state index >= 15 is 0 Å². The van der Waals surface area contributed by atoms with Crippen LogP contribution >= 0.6 is 0 Å². The number of hydrogen-bond donors (Lipinski definition) is 2. The number of aromatic nitrogens is 2. The normalized spacial score (nSPS) is 11.4. The van der Waals surface area contributed by atoms with Gasteiger partial charge in [0.2, 0.25) is 10.0 Å². The summed E-state index contributed by atoms with van der Waals surface area (Å²) in [6.45, 7) is 0.110. The highest BCUT2D eigenvalue weighted by atomic mass is 32.2. The number of esters is 1. The van der Waals surface area contributed by atoms with E-state index in [1.165, 1.54) is 25.1 Å². The average molecular weight is 262 g/mol. The van der Waals surface area contributed by atoms with Crippen molar-refractivity contribution in [3.63, 3.8) is 0 Å². The van der Waals surface area contributed by atoms with Gasteiger partial charge in [-0.05, 0) is 7.05 Å². The van der Waals surface area contributed by atoms with Crippen LogP contribution in [0.3, 0.4) is 0 Å². The summed E-state index contributed by atoms with van der Waals surface area (Å²) in [4.78, 5) is 15.0. The summed E-state index contributed by atoms with van der Waals surface area (Å²) in [6, 6.07) is 0. The number of sulfonamides is 1. The molecule has 96 valence electrons. The Hall–Kier alpha value is -1.61. The maximum atomic E-state index is 11.2. The molecule has 0 fully saturated rings. The number of nitrogens with two attached hydrogens (primary N) is 1. The largest absolute Gasteiger partial charge is 0.464 e. The van der Waals surface area contributed by atoms with Crippen LogP contribution in [0.2, 0.25) is 0 Å². The molecule has 0 atom stereocenters. The fourth-order valence-corrected chi connectivity index (χ4v) is 1.79. The van der Waals surface area contributed by atoms with Crippen LogP contribution in [0.25, 0.3) is 0 Å². The first kappa shape index (κ1) is 13.5. The summed E-state index contributed by atoms with van der Waals surface area (Å²) in [5, 5.41) is 0. The van der Waals surface area contributed by atoms with Crippen molar-refractivity contribution in [2.75, 3.05) is 25.6 Å². The zero-order valence-electron chi connectivity index (χ0n) is 9.50. The van der Waals surface area contributed by atoms with Gasteiger partial charge in [0.1, 0.15) is 5.82 Å². The molecule has 1 heterocycles. The molecule has 1 aromatic heterocycles. The van der Waals surface area contributed by atoms with Crippen LogP contribution in [0.5, 0.6) is 0 Å². The third kappa shape index (κ3) is 3.17. The van der Waals surface area contributed by atoms with Gasteiger partial charge >= 0.3 is 5.97 Å². The van der Waals surface area contributed by atoms with Gasteiger partial charge in [0.15, 0.2) is 5.69 Å². The molecule has 1 aromatic rings. The predicted molar refractivity (Wildman–Crippen MR) is 60.8 cm³/mol. The minimum absolute atomic E-state index is 0.0191. The van der Waals surface area contributed by atoms with Crippen molar-refractivity contribution in [1.29, 1.82) is 0 Å². The SMILES string of the molecule is CNS(=O)(=O)CCn1cnc(C(=O)OC)c1N. The Morgan fingerprint density at radius 2 is 2.29 bits per heavy atom. The van der Waals surface area contributed by atoms with Crippen molar-refractivity contribution in [2.24, 2.45) is 0 Å². The molecule has 0 radical (unpaired) electrons. The third-order valence-electron chi connectivity index (χ3n) is 2.17. The Morgan fingerprint density at radius 3 is 2.82 bits per heavy atom. The van der Waals surface area contributed by atoms with Crippen molar-refractivity contribution in [3.05, 3.63) is 12.0 Å². The summed E-state index contributed by atoms with van der Waals surface area (Å²) < 4.78 is 30.4. The van der Waals surface area contributed by atoms with Crippen LogP contribution in [0.4, 0.5) is 5.82 Å². The molecule has 0 aromatic carbocycles. The van der Waals surface area contributed by atoms with Crippen LogP contribution in [0.1, 0.15) is 10.5 Å². The monoisotopic (exact) mass is 262 g/mol. The second kappa shape index (κ2) is 5.15. The van der Waals surface area contributed by atoms with Crippen LogP contribution in [0.15, 0.2) is 6.33 Å². The lowest BCUT2D eigenvalue weighted by Crippen LogP contribution is -2.25. The predicted octanol–water partition coefficient (Wildman–Crippen LogP) is -1.20. The maximum Gasteiger partial charge on any atom is 0.360 e. The number of nitrogen functional groups attached to an aromatic ring is 1.